The lowest BCUT2D eigenvalue weighted by Gasteiger charge is -2.14. The number of hydrogen-bond acceptors (Lipinski definition) is 7. The average Bonchev–Trinajstić information content (AvgIpc) is 2.71. The number of nitrogens with two attached hydrogens (primary N) is 1. The Bertz CT molecular complexity index is 992. The molecule has 2 aromatic heterocycles. The van der Waals surface area contributed by atoms with E-state index in [1.165, 1.54) is 16.7 Å². The van der Waals surface area contributed by atoms with Gasteiger partial charge in [0.05, 0.1) is 6.61 Å². The topological polar surface area (TPSA) is 130 Å². The first-order chi connectivity index (χ1) is 13.9. The smallest absolute Gasteiger partial charge is 0.332 e. The molecule has 3 N–H and O–H groups in total. The van der Waals surface area contributed by atoms with Crippen LogP contribution >= 0.6 is 0 Å². The van der Waals surface area contributed by atoms with Crippen molar-refractivity contribution < 1.29 is 14.3 Å². The van der Waals surface area contributed by atoms with Crippen LogP contribution in [0.1, 0.15) is 19.4 Å². The Labute approximate surface area is 167 Å². The molecule has 0 aliphatic carbocycles. The predicted molar refractivity (Wildman–Crippen MR) is 110 cm³/mol. The van der Waals surface area contributed by atoms with Crippen LogP contribution in [0.3, 0.4) is 0 Å². The van der Waals surface area contributed by atoms with Crippen LogP contribution in [-0.2, 0) is 22.6 Å². The van der Waals surface area contributed by atoms with Crippen LogP contribution in [0.5, 0.6) is 5.88 Å². The summed E-state index contributed by atoms with van der Waals surface area (Å²) in [4.78, 5) is 41.1. The molecule has 2 heterocycles. The Morgan fingerprint density at radius 3 is 2.52 bits per heavy atom. The van der Waals surface area contributed by atoms with Gasteiger partial charge in [-0.25, -0.2) is 9.78 Å². The molecule has 0 aliphatic heterocycles. The highest BCUT2D eigenvalue weighted by atomic mass is 16.5. The number of amides is 1. The fourth-order valence-corrected chi connectivity index (χ4v) is 2.56. The van der Waals surface area contributed by atoms with Crippen molar-refractivity contribution >= 4 is 23.5 Å². The number of methoxy groups -OCH3 is 1. The number of hydrogen-bond donors (Lipinski definition) is 2. The number of pyridine rings is 1. The Morgan fingerprint density at radius 2 is 1.93 bits per heavy atom. The average molecular weight is 403 g/mol. The molecule has 0 saturated heterocycles. The standard InChI is InChI=1S/C19H25N5O5/c1-4-23-17(20)16(18(26)24(5-2)19(23)27)22-14(25)8-6-13-7-9-15(21-12-13)29-11-10-28-3/h6-9,12H,4-5,10-11,20H2,1-3H3,(H,22,25)/b8-6+. The zero-order valence-electron chi connectivity index (χ0n) is 16.7. The lowest BCUT2D eigenvalue weighted by Crippen LogP contribution is -2.42. The third-order valence-electron chi connectivity index (χ3n) is 4.07. The van der Waals surface area contributed by atoms with Crippen LogP contribution in [0.15, 0.2) is 34.0 Å². The molecule has 0 bridgehead atoms. The highest BCUT2D eigenvalue weighted by molar-refractivity contribution is 6.03. The molecule has 0 saturated carbocycles. The first kappa shape index (κ1) is 21.9. The number of nitrogens with one attached hydrogen (secondary N) is 1. The lowest BCUT2D eigenvalue weighted by molar-refractivity contribution is -0.111. The molecular weight excluding hydrogens is 378 g/mol. The van der Waals surface area contributed by atoms with E-state index in [1.807, 2.05) is 0 Å². The van der Waals surface area contributed by atoms with E-state index in [4.69, 9.17) is 15.2 Å². The summed E-state index contributed by atoms with van der Waals surface area (Å²) in [5, 5.41) is 2.47. The van der Waals surface area contributed by atoms with Crippen molar-refractivity contribution in [2.75, 3.05) is 31.4 Å². The zero-order chi connectivity index (χ0) is 21.4. The van der Waals surface area contributed by atoms with Crippen LogP contribution < -0.4 is 27.0 Å². The summed E-state index contributed by atoms with van der Waals surface area (Å²) < 4.78 is 12.5. The van der Waals surface area contributed by atoms with E-state index in [-0.39, 0.29) is 24.6 Å². The van der Waals surface area contributed by atoms with Gasteiger partial charge in [0, 0.05) is 38.5 Å². The molecule has 29 heavy (non-hydrogen) atoms. The number of rotatable bonds is 9. The molecule has 0 atom stereocenters. The number of nitrogens with zero attached hydrogens (tertiary/aromatic N) is 3. The Hall–Kier alpha value is -3.40. The van der Waals surface area contributed by atoms with Gasteiger partial charge in [0.1, 0.15) is 18.1 Å². The van der Waals surface area contributed by atoms with Gasteiger partial charge in [-0.1, -0.05) is 0 Å². The Morgan fingerprint density at radius 1 is 1.21 bits per heavy atom. The van der Waals surface area contributed by atoms with Crippen molar-refractivity contribution in [1.29, 1.82) is 0 Å². The summed E-state index contributed by atoms with van der Waals surface area (Å²) in [6, 6.07) is 3.40. The monoisotopic (exact) mass is 403 g/mol. The van der Waals surface area contributed by atoms with Crippen molar-refractivity contribution in [2.24, 2.45) is 0 Å². The minimum absolute atomic E-state index is 0.0758. The van der Waals surface area contributed by atoms with Gasteiger partial charge < -0.3 is 20.5 Å². The first-order valence-electron chi connectivity index (χ1n) is 9.12. The summed E-state index contributed by atoms with van der Waals surface area (Å²) in [7, 11) is 1.58. The lowest BCUT2D eigenvalue weighted by atomic mass is 10.2. The molecule has 0 fully saturated rings. The van der Waals surface area contributed by atoms with Crippen LogP contribution in [0.25, 0.3) is 6.08 Å². The number of ether oxygens (including phenoxy) is 2. The maximum atomic E-state index is 12.5. The Balaban J connectivity index is 2.15. The predicted octanol–water partition coefficient (Wildman–Crippen LogP) is 0.704. The second kappa shape index (κ2) is 10.2. The third kappa shape index (κ3) is 5.32. The zero-order valence-corrected chi connectivity index (χ0v) is 16.7. The summed E-state index contributed by atoms with van der Waals surface area (Å²) in [6.07, 6.45) is 4.33. The van der Waals surface area contributed by atoms with E-state index in [1.54, 1.807) is 39.3 Å². The summed E-state index contributed by atoms with van der Waals surface area (Å²) in [5.74, 6) is -0.190. The number of aromatic nitrogens is 3. The van der Waals surface area contributed by atoms with Gasteiger partial charge >= 0.3 is 5.69 Å². The number of carbonyl (C=O) groups excluding carboxylic acids is 1. The van der Waals surface area contributed by atoms with Crippen LogP contribution in [0.4, 0.5) is 11.5 Å². The van der Waals surface area contributed by atoms with Crippen molar-refractivity contribution in [1.82, 2.24) is 14.1 Å². The van der Waals surface area contributed by atoms with E-state index in [9.17, 15) is 14.4 Å². The SMILES string of the molecule is CCn1c(N)c(NC(=O)/C=C/c2ccc(OCCOC)nc2)c(=O)n(CC)c1=O. The maximum absolute atomic E-state index is 12.5. The van der Waals surface area contributed by atoms with Crippen molar-refractivity contribution in [3.8, 4) is 5.88 Å². The summed E-state index contributed by atoms with van der Waals surface area (Å²) in [5.41, 5.74) is 5.31. The summed E-state index contributed by atoms with van der Waals surface area (Å²) in [6.45, 7) is 4.67. The normalized spacial score (nSPS) is 11.0. The minimum Gasteiger partial charge on any atom is -0.475 e. The molecule has 2 rings (SSSR count). The molecule has 0 spiro atoms. The van der Waals surface area contributed by atoms with E-state index >= 15 is 0 Å². The van der Waals surface area contributed by atoms with Gasteiger partial charge in [-0.05, 0) is 31.6 Å². The minimum atomic E-state index is -0.638. The molecule has 10 heteroatoms. The molecule has 0 aromatic carbocycles. The number of nitrogen functional groups attached to an aromatic ring is 1. The second-order valence-corrected chi connectivity index (χ2v) is 5.93. The molecular formula is C19H25N5O5. The largest absolute Gasteiger partial charge is 0.475 e. The van der Waals surface area contributed by atoms with Gasteiger partial charge in [-0.2, -0.15) is 0 Å². The quantitative estimate of drug-likeness (QED) is 0.465. The number of carbonyl (C=O) groups is 1. The third-order valence-corrected chi connectivity index (χ3v) is 4.07. The van der Waals surface area contributed by atoms with Gasteiger partial charge in [0.2, 0.25) is 11.8 Å². The first-order valence-corrected chi connectivity index (χ1v) is 9.12. The molecule has 0 radical (unpaired) electrons. The molecule has 0 aliphatic rings. The van der Waals surface area contributed by atoms with Crippen molar-refractivity contribution in [3.05, 3.63) is 50.8 Å². The highest BCUT2D eigenvalue weighted by Gasteiger charge is 2.16. The van der Waals surface area contributed by atoms with Gasteiger partial charge in [-0.3, -0.25) is 18.7 Å². The number of anilines is 2. The van der Waals surface area contributed by atoms with E-state index in [2.05, 4.69) is 10.3 Å². The van der Waals surface area contributed by atoms with Crippen LogP contribution in [-0.4, -0.2) is 40.3 Å². The van der Waals surface area contributed by atoms with Gasteiger partial charge in [0.15, 0.2) is 0 Å². The fourth-order valence-electron chi connectivity index (χ4n) is 2.56. The van der Waals surface area contributed by atoms with E-state index in [0.717, 1.165) is 4.57 Å². The van der Waals surface area contributed by atoms with Crippen molar-refractivity contribution in [2.45, 2.75) is 26.9 Å². The molecule has 0 unspecified atom stereocenters. The Kier molecular flexibility index (Phi) is 7.72. The molecule has 10 nitrogen and oxygen atoms in total. The second-order valence-electron chi connectivity index (χ2n) is 5.93. The molecule has 1 amide bonds. The van der Waals surface area contributed by atoms with Gasteiger partial charge in [-0.15, -0.1) is 0 Å². The highest BCUT2D eigenvalue weighted by Crippen LogP contribution is 2.12. The fraction of sp³-hybridized carbons (Fsp3) is 0.368. The molecule has 2 aromatic rings. The maximum Gasteiger partial charge on any atom is 0.332 e. The van der Waals surface area contributed by atoms with E-state index in [0.29, 0.717) is 24.7 Å². The van der Waals surface area contributed by atoms with Crippen molar-refractivity contribution in [3.63, 3.8) is 0 Å². The van der Waals surface area contributed by atoms with Gasteiger partial charge in [0.25, 0.3) is 5.56 Å². The summed E-state index contributed by atoms with van der Waals surface area (Å²) >= 11 is 0. The van der Waals surface area contributed by atoms with Crippen LogP contribution in [0.2, 0.25) is 0 Å². The van der Waals surface area contributed by atoms with Crippen LogP contribution in [0, 0.1) is 0 Å². The van der Waals surface area contributed by atoms with E-state index < -0.39 is 17.2 Å². The molecule has 156 valence electrons.